The highest BCUT2D eigenvalue weighted by Gasteiger charge is 2.23. The van der Waals surface area contributed by atoms with Gasteiger partial charge in [0.25, 0.3) is 0 Å². The van der Waals surface area contributed by atoms with Crippen molar-refractivity contribution in [1.82, 2.24) is 20.5 Å². The van der Waals surface area contributed by atoms with Crippen LogP contribution in [-0.2, 0) is 6.54 Å². The first kappa shape index (κ1) is 20.6. The number of hydrogen-bond donors (Lipinski definition) is 2. The number of rotatable bonds is 6. The summed E-state index contributed by atoms with van der Waals surface area (Å²) in [6.07, 6.45) is 1.27. The Labute approximate surface area is 161 Å². The highest BCUT2D eigenvalue weighted by molar-refractivity contribution is 14.0. The summed E-state index contributed by atoms with van der Waals surface area (Å²) in [7, 11) is 0. The first-order chi connectivity index (χ1) is 10.6. The van der Waals surface area contributed by atoms with Gasteiger partial charge in [0.1, 0.15) is 5.01 Å². The van der Waals surface area contributed by atoms with Crippen LogP contribution in [0.4, 0.5) is 0 Å². The summed E-state index contributed by atoms with van der Waals surface area (Å²) in [5, 5.41) is 9.95. The van der Waals surface area contributed by atoms with Gasteiger partial charge < -0.3 is 15.5 Å². The largest absolute Gasteiger partial charge is 0.357 e. The number of aryl methyl sites for hydroxylation is 1. The molecule has 1 atom stereocenters. The second-order valence-corrected chi connectivity index (χ2v) is 7.14. The van der Waals surface area contributed by atoms with Crippen molar-refractivity contribution >= 4 is 41.3 Å². The van der Waals surface area contributed by atoms with Gasteiger partial charge in [0, 0.05) is 36.8 Å². The topological polar surface area (TPSA) is 52.6 Å². The lowest BCUT2D eigenvalue weighted by molar-refractivity contribution is 0.265. The molecule has 0 aliphatic carbocycles. The molecule has 7 heteroatoms. The first-order valence-electron chi connectivity index (χ1n) is 8.25. The number of hydrogen-bond acceptors (Lipinski definition) is 4. The number of thiazole rings is 1. The van der Waals surface area contributed by atoms with Crippen molar-refractivity contribution < 1.29 is 0 Å². The Morgan fingerprint density at radius 3 is 2.83 bits per heavy atom. The SMILES string of the molecule is CCNC(=NCc1nc(C)cs1)NCC1CCN(C(C)C)C1.I. The quantitative estimate of drug-likeness (QED) is 0.397. The Morgan fingerprint density at radius 1 is 1.48 bits per heavy atom. The number of nitrogens with one attached hydrogen (secondary N) is 2. The summed E-state index contributed by atoms with van der Waals surface area (Å²) >= 11 is 1.68. The molecule has 0 amide bonds. The maximum atomic E-state index is 4.64. The maximum absolute atomic E-state index is 4.64. The van der Waals surface area contributed by atoms with E-state index in [1.165, 1.54) is 19.5 Å². The Morgan fingerprint density at radius 2 is 2.26 bits per heavy atom. The second-order valence-electron chi connectivity index (χ2n) is 6.20. The number of likely N-dealkylation sites (tertiary alicyclic amines) is 1. The lowest BCUT2D eigenvalue weighted by Crippen LogP contribution is -2.40. The molecule has 0 bridgehead atoms. The average Bonchev–Trinajstić information content (AvgIpc) is 3.11. The van der Waals surface area contributed by atoms with Gasteiger partial charge in [0.05, 0.1) is 6.54 Å². The van der Waals surface area contributed by atoms with E-state index in [0.29, 0.717) is 18.5 Å². The molecule has 0 saturated carbocycles. The van der Waals surface area contributed by atoms with Gasteiger partial charge in [-0.25, -0.2) is 9.98 Å². The Balaban J connectivity index is 0.00000264. The van der Waals surface area contributed by atoms with Crippen molar-refractivity contribution in [2.75, 3.05) is 26.2 Å². The average molecular weight is 451 g/mol. The summed E-state index contributed by atoms with van der Waals surface area (Å²) in [6, 6.07) is 0.653. The molecule has 0 spiro atoms. The monoisotopic (exact) mass is 451 g/mol. The molecule has 1 aliphatic heterocycles. The lowest BCUT2D eigenvalue weighted by Gasteiger charge is -2.20. The number of halogens is 1. The number of guanidine groups is 1. The molecule has 1 unspecified atom stereocenters. The van der Waals surface area contributed by atoms with E-state index in [9.17, 15) is 0 Å². The molecule has 2 heterocycles. The molecule has 1 fully saturated rings. The summed E-state index contributed by atoms with van der Waals surface area (Å²) in [5.74, 6) is 1.62. The highest BCUT2D eigenvalue weighted by atomic mass is 127. The van der Waals surface area contributed by atoms with Crippen molar-refractivity contribution in [3.8, 4) is 0 Å². The smallest absolute Gasteiger partial charge is 0.191 e. The lowest BCUT2D eigenvalue weighted by atomic mass is 10.1. The van der Waals surface area contributed by atoms with Crippen LogP contribution in [-0.4, -0.2) is 48.1 Å². The maximum Gasteiger partial charge on any atom is 0.191 e. The predicted molar refractivity (Wildman–Crippen MR) is 110 cm³/mol. The van der Waals surface area contributed by atoms with Crippen LogP contribution in [0.1, 0.15) is 37.9 Å². The van der Waals surface area contributed by atoms with Crippen LogP contribution >= 0.6 is 35.3 Å². The van der Waals surface area contributed by atoms with E-state index in [1.807, 2.05) is 6.92 Å². The molecule has 2 rings (SSSR count). The molecular weight excluding hydrogens is 421 g/mol. The zero-order chi connectivity index (χ0) is 15.9. The summed E-state index contributed by atoms with van der Waals surface area (Å²) in [4.78, 5) is 11.7. The van der Waals surface area contributed by atoms with Crippen molar-refractivity contribution in [3.63, 3.8) is 0 Å². The van der Waals surface area contributed by atoms with E-state index in [4.69, 9.17) is 0 Å². The first-order valence-corrected chi connectivity index (χ1v) is 9.13. The highest BCUT2D eigenvalue weighted by Crippen LogP contribution is 2.17. The molecule has 0 aromatic carbocycles. The molecule has 1 aromatic rings. The van der Waals surface area contributed by atoms with Crippen LogP contribution in [0.2, 0.25) is 0 Å². The van der Waals surface area contributed by atoms with Crippen LogP contribution in [0.25, 0.3) is 0 Å². The predicted octanol–water partition coefficient (Wildman–Crippen LogP) is 2.85. The number of aliphatic imine (C=N–C) groups is 1. The molecule has 23 heavy (non-hydrogen) atoms. The third-order valence-corrected chi connectivity index (χ3v) is 4.94. The van der Waals surface area contributed by atoms with Gasteiger partial charge in [0.15, 0.2) is 5.96 Å². The fraction of sp³-hybridized carbons (Fsp3) is 0.750. The van der Waals surface area contributed by atoms with E-state index >= 15 is 0 Å². The molecule has 132 valence electrons. The van der Waals surface area contributed by atoms with E-state index in [1.54, 1.807) is 11.3 Å². The van der Waals surface area contributed by atoms with Crippen LogP contribution in [0, 0.1) is 12.8 Å². The van der Waals surface area contributed by atoms with Crippen molar-refractivity contribution in [1.29, 1.82) is 0 Å². The molecule has 5 nitrogen and oxygen atoms in total. The fourth-order valence-electron chi connectivity index (χ4n) is 2.70. The molecule has 1 saturated heterocycles. The third-order valence-electron chi connectivity index (χ3n) is 3.99. The molecule has 1 aromatic heterocycles. The summed E-state index contributed by atoms with van der Waals surface area (Å²) < 4.78 is 0. The number of aromatic nitrogens is 1. The van der Waals surface area contributed by atoms with E-state index in [-0.39, 0.29) is 24.0 Å². The number of nitrogens with zero attached hydrogens (tertiary/aromatic N) is 3. The van der Waals surface area contributed by atoms with E-state index < -0.39 is 0 Å². The van der Waals surface area contributed by atoms with Gasteiger partial charge in [-0.05, 0) is 46.6 Å². The Hall–Kier alpha value is -0.410. The van der Waals surface area contributed by atoms with Crippen LogP contribution in [0.15, 0.2) is 10.4 Å². The van der Waals surface area contributed by atoms with E-state index in [2.05, 4.69) is 51.7 Å². The van der Waals surface area contributed by atoms with E-state index in [0.717, 1.165) is 29.8 Å². The zero-order valence-corrected chi connectivity index (χ0v) is 17.8. The third kappa shape index (κ3) is 6.93. The zero-order valence-electron chi connectivity index (χ0n) is 14.6. The summed E-state index contributed by atoms with van der Waals surface area (Å²) in [6.45, 7) is 13.6. The summed E-state index contributed by atoms with van der Waals surface area (Å²) in [5.41, 5.74) is 1.08. The van der Waals surface area contributed by atoms with Gasteiger partial charge in [-0.1, -0.05) is 0 Å². The van der Waals surface area contributed by atoms with Gasteiger partial charge in [0.2, 0.25) is 0 Å². The standard InChI is InChI=1S/C16H29N5S.HI/c1-5-17-16(19-9-15-20-13(4)11-22-15)18-8-14-6-7-21(10-14)12(2)3;/h11-12,14H,5-10H2,1-4H3,(H2,17,18,19);1H. The van der Waals surface area contributed by atoms with Crippen LogP contribution in [0.3, 0.4) is 0 Å². The van der Waals surface area contributed by atoms with Crippen LogP contribution < -0.4 is 10.6 Å². The molecular formula is C16H30IN5S. The van der Waals surface area contributed by atoms with Gasteiger partial charge >= 0.3 is 0 Å². The van der Waals surface area contributed by atoms with Gasteiger partial charge in [-0.2, -0.15) is 0 Å². The van der Waals surface area contributed by atoms with Gasteiger partial charge in [-0.3, -0.25) is 0 Å². The van der Waals surface area contributed by atoms with Crippen molar-refractivity contribution in [3.05, 3.63) is 16.1 Å². The molecule has 2 N–H and O–H groups in total. The molecule has 1 aliphatic rings. The Kier molecular flexibility index (Phi) is 9.38. The normalized spacial score (nSPS) is 19.0. The van der Waals surface area contributed by atoms with Crippen molar-refractivity contribution in [2.45, 2.75) is 46.7 Å². The minimum absolute atomic E-state index is 0. The Bertz CT molecular complexity index is 489. The van der Waals surface area contributed by atoms with Crippen molar-refractivity contribution in [2.24, 2.45) is 10.9 Å². The minimum atomic E-state index is 0. The van der Waals surface area contributed by atoms with Crippen LogP contribution in [0.5, 0.6) is 0 Å². The molecule has 0 radical (unpaired) electrons. The van der Waals surface area contributed by atoms with Gasteiger partial charge in [-0.15, -0.1) is 35.3 Å². The minimum Gasteiger partial charge on any atom is -0.357 e. The second kappa shape index (κ2) is 10.5. The fourth-order valence-corrected chi connectivity index (χ4v) is 3.40.